The number of hydrogen-bond acceptors (Lipinski definition) is 11. The van der Waals surface area contributed by atoms with E-state index in [0.29, 0.717) is 24.1 Å². The standard InChI is InChI=1S/C40H40N6O9S/c1-4-25-13-14-33(53-16-15-41-40(48)54-24-32-30-11-7-5-9-28(30)29-10-6-8-12-31(29)32)36(19-25)56(49,50)45-38-37-34(51-2)17-26(18-35(37)55-44-38)22-46-23-27(21-43-46)20-42-39(47)52-3/h5-14,17-19,21,23,32H,4,15-16,20,22,24H2,1-3H3,(H,41,48)(H,42,47)(H,44,45). The van der Waals surface area contributed by atoms with E-state index in [1.807, 2.05) is 43.3 Å². The second-order valence-electron chi connectivity index (χ2n) is 12.9. The predicted octanol–water partition coefficient (Wildman–Crippen LogP) is 6.22. The van der Waals surface area contributed by atoms with Gasteiger partial charge in [0.2, 0.25) is 0 Å². The van der Waals surface area contributed by atoms with Crippen LogP contribution >= 0.6 is 0 Å². The normalized spacial score (nSPS) is 12.1. The van der Waals surface area contributed by atoms with Gasteiger partial charge in [-0.1, -0.05) is 66.7 Å². The van der Waals surface area contributed by atoms with Crippen LogP contribution in [0.5, 0.6) is 11.5 Å². The first-order valence-electron chi connectivity index (χ1n) is 17.8. The second kappa shape index (κ2) is 16.4. The monoisotopic (exact) mass is 780 g/mol. The molecule has 2 heterocycles. The number of benzene rings is 4. The molecule has 0 unspecified atom stereocenters. The van der Waals surface area contributed by atoms with Gasteiger partial charge in [0, 0.05) is 24.2 Å². The lowest BCUT2D eigenvalue weighted by atomic mass is 9.98. The fourth-order valence-electron chi connectivity index (χ4n) is 6.68. The first-order chi connectivity index (χ1) is 27.2. The van der Waals surface area contributed by atoms with Crippen molar-refractivity contribution in [3.63, 3.8) is 0 Å². The molecule has 56 heavy (non-hydrogen) atoms. The van der Waals surface area contributed by atoms with Gasteiger partial charge in [0.25, 0.3) is 10.0 Å². The maximum atomic E-state index is 13.9. The van der Waals surface area contributed by atoms with Crippen molar-refractivity contribution >= 4 is 39.0 Å². The number of aryl methyl sites for hydroxylation is 1. The summed E-state index contributed by atoms with van der Waals surface area (Å²) in [5, 5.41) is 14.0. The van der Waals surface area contributed by atoms with E-state index in [2.05, 4.69) is 42.5 Å². The number of amides is 2. The van der Waals surface area contributed by atoms with Crippen LogP contribution in [0.1, 0.15) is 40.7 Å². The third kappa shape index (κ3) is 8.10. The molecule has 3 N–H and O–H groups in total. The number of hydrogen-bond donors (Lipinski definition) is 3. The van der Waals surface area contributed by atoms with Gasteiger partial charge in [0.15, 0.2) is 11.4 Å². The fraction of sp³-hybridized carbons (Fsp3) is 0.250. The zero-order valence-electron chi connectivity index (χ0n) is 30.9. The Labute approximate surface area is 322 Å². The maximum Gasteiger partial charge on any atom is 0.407 e. The molecule has 290 valence electrons. The number of carbonyl (C=O) groups is 2. The number of carbonyl (C=O) groups excluding carboxylic acids is 2. The SMILES string of the molecule is CCc1ccc(OCCNC(=O)OCC2c3ccccc3-c3ccccc32)c(S(=O)(=O)Nc2noc3cc(Cn4cc(CNC(=O)OC)cn4)cc(OC)c23)c1. The van der Waals surface area contributed by atoms with Crippen molar-refractivity contribution in [2.24, 2.45) is 0 Å². The number of methoxy groups -OCH3 is 2. The minimum absolute atomic E-state index is 0.0266. The molecule has 0 atom stereocenters. The summed E-state index contributed by atoms with van der Waals surface area (Å²) in [5.41, 5.74) is 7.05. The zero-order chi connectivity index (χ0) is 39.2. The minimum atomic E-state index is -4.27. The van der Waals surface area contributed by atoms with Crippen LogP contribution in [0.15, 0.2) is 101 Å². The number of fused-ring (bicyclic) bond motifs is 4. The van der Waals surface area contributed by atoms with Crippen LogP contribution < -0.4 is 24.8 Å². The summed E-state index contributed by atoms with van der Waals surface area (Å²) in [5.74, 6) is 0.273. The Kier molecular flexibility index (Phi) is 11.1. The lowest BCUT2D eigenvalue weighted by Crippen LogP contribution is -2.30. The number of ether oxygens (including phenoxy) is 4. The number of alkyl carbamates (subject to hydrolysis) is 2. The third-order valence-corrected chi connectivity index (χ3v) is 10.7. The molecule has 0 bridgehead atoms. The molecule has 0 fully saturated rings. The number of sulfonamides is 1. The lowest BCUT2D eigenvalue weighted by molar-refractivity contribution is 0.141. The average molecular weight is 781 g/mol. The highest BCUT2D eigenvalue weighted by molar-refractivity contribution is 7.92. The van der Waals surface area contributed by atoms with Gasteiger partial charge in [-0.3, -0.25) is 9.40 Å². The summed E-state index contributed by atoms with van der Waals surface area (Å²) in [4.78, 5) is 24.0. The Morgan fingerprint density at radius 2 is 1.62 bits per heavy atom. The number of nitrogens with zero attached hydrogens (tertiary/aromatic N) is 3. The summed E-state index contributed by atoms with van der Waals surface area (Å²) in [6.45, 7) is 2.69. The summed E-state index contributed by atoms with van der Waals surface area (Å²) >= 11 is 0. The third-order valence-electron chi connectivity index (χ3n) is 9.38. The Hall–Kier alpha value is -6.55. The molecule has 16 heteroatoms. The quantitative estimate of drug-likeness (QED) is 0.101. The molecule has 4 aromatic carbocycles. The van der Waals surface area contributed by atoms with Crippen LogP contribution in [0, 0.1) is 0 Å². The number of rotatable bonds is 15. The molecule has 0 saturated heterocycles. The van der Waals surface area contributed by atoms with E-state index in [0.717, 1.165) is 38.9 Å². The van der Waals surface area contributed by atoms with Crippen LogP contribution in [-0.4, -0.2) is 69.5 Å². The van der Waals surface area contributed by atoms with Crippen molar-refractivity contribution in [1.29, 1.82) is 0 Å². The summed E-state index contributed by atoms with van der Waals surface area (Å²) in [7, 11) is -1.52. The Balaban J connectivity index is 0.992. The van der Waals surface area contributed by atoms with E-state index in [4.69, 9.17) is 18.7 Å². The first-order valence-corrected chi connectivity index (χ1v) is 19.3. The summed E-state index contributed by atoms with van der Waals surface area (Å²) < 4.78 is 59.4. The van der Waals surface area contributed by atoms with Crippen LogP contribution in [-0.2, 0) is 39.0 Å². The van der Waals surface area contributed by atoms with E-state index >= 15 is 0 Å². The highest BCUT2D eigenvalue weighted by Gasteiger charge is 2.29. The summed E-state index contributed by atoms with van der Waals surface area (Å²) in [6.07, 6.45) is 2.82. The number of aromatic nitrogens is 3. The van der Waals surface area contributed by atoms with Gasteiger partial charge < -0.3 is 34.1 Å². The van der Waals surface area contributed by atoms with Gasteiger partial charge in [-0.25, -0.2) is 18.0 Å². The molecule has 0 saturated carbocycles. The molecular formula is C40H40N6O9S. The molecule has 0 spiro atoms. The van der Waals surface area contributed by atoms with E-state index < -0.39 is 22.2 Å². The summed E-state index contributed by atoms with van der Waals surface area (Å²) in [6, 6.07) is 24.5. The minimum Gasteiger partial charge on any atom is -0.496 e. The molecule has 2 amide bonds. The first kappa shape index (κ1) is 37.8. The van der Waals surface area contributed by atoms with Crippen LogP contribution in [0.4, 0.5) is 15.4 Å². The van der Waals surface area contributed by atoms with Gasteiger partial charge >= 0.3 is 12.2 Å². The zero-order valence-corrected chi connectivity index (χ0v) is 31.7. The van der Waals surface area contributed by atoms with Crippen LogP contribution in [0.25, 0.3) is 22.1 Å². The number of nitrogens with one attached hydrogen (secondary N) is 3. The van der Waals surface area contributed by atoms with E-state index in [9.17, 15) is 18.0 Å². The molecule has 2 aromatic heterocycles. The molecule has 15 nitrogen and oxygen atoms in total. The highest BCUT2D eigenvalue weighted by Crippen LogP contribution is 2.44. The lowest BCUT2D eigenvalue weighted by Gasteiger charge is -2.16. The fourth-order valence-corrected chi connectivity index (χ4v) is 7.88. The van der Waals surface area contributed by atoms with E-state index in [1.165, 1.54) is 20.3 Å². The Bertz CT molecular complexity index is 2450. The van der Waals surface area contributed by atoms with Crippen molar-refractivity contribution in [2.45, 2.75) is 37.2 Å². The molecule has 0 aliphatic heterocycles. The second-order valence-corrected chi connectivity index (χ2v) is 14.6. The van der Waals surface area contributed by atoms with Gasteiger partial charge in [-0.2, -0.15) is 5.10 Å². The van der Waals surface area contributed by atoms with Gasteiger partial charge in [-0.05, 0) is 64.1 Å². The van der Waals surface area contributed by atoms with Gasteiger partial charge in [0.1, 0.15) is 35.0 Å². The van der Waals surface area contributed by atoms with Crippen LogP contribution in [0.2, 0.25) is 0 Å². The van der Waals surface area contributed by atoms with Crippen molar-refractivity contribution < 1.29 is 41.5 Å². The van der Waals surface area contributed by atoms with Crippen LogP contribution in [0.3, 0.4) is 0 Å². The Morgan fingerprint density at radius 3 is 2.34 bits per heavy atom. The molecule has 6 aromatic rings. The van der Waals surface area contributed by atoms with Crippen molar-refractivity contribution in [3.05, 3.63) is 119 Å². The Morgan fingerprint density at radius 1 is 0.875 bits per heavy atom. The largest absolute Gasteiger partial charge is 0.496 e. The van der Waals surface area contributed by atoms with Gasteiger partial charge in [0.05, 0.1) is 33.5 Å². The predicted molar refractivity (Wildman–Crippen MR) is 206 cm³/mol. The molecule has 1 aliphatic rings. The molecular weight excluding hydrogens is 741 g/mol. The van der Waals surface area contributed by atoms with Crippen molar-refractivity contribution in [3.8, 4) is 22.6 Å². The number of anilines is 1. The molecule has 0 radical (unpaired) electrons. The van der Waals surface area contributed by atoms with Crippen molar-refractivity contribution in [1.82, 2.24) is 25.6 Å². The van der Waals surface area contributed by atoms with E-state index in [-0.39, 0.29) is 54.3 Å². The average Bonchev–Trinajstić information content (AvgIpc) is 3.93. The molecule has 1 aliphatic carbocycles. The van der Waals surface area contributed by atoms with Crippen molar-refractivity contribution in [2.75, 3.05) is 38.7 Å². The maximum absolute atomic E-state index is 13.9. The molecule has 7 rings (SSSR count). The topological polar surface area (TPSA) is 185 Å². The van der Waals surface area contributed by atoms with E-state index in [1.54, 1.807) is 41.3 Å². The highest BCUT2D eigenvalue weighted by atomic mass is 32.2. The van der Waals surface area contributed by atoms with Gasteiger partial charge in [-0.15, -0.1) is 0 Å². The smallest absolute Gasteiger partial charge is 0.407 e.